The molecule has 3 aliphatic carbocycles. The summed E-state index contributed by atoms with van der Waals surface area (Å²) in [7, 11) is 5.82. The van der Waals surface area contributed by atoms with E-state index in [1.165, 1.54) is 18.4 Å². The molecule has 4 fully saturated rings. The minimum atomic E-state index is 0.0222. The van der Waals surface area contributed by atoms with Crippen LogP contribution in [-0.2, 0) is 5.54 Å². The van der Waals surface area contributed by atoms with Gasteiger partial charge in [0.2, 0.25) is 5.95 Å². The Morgan fingerprint density at radius 3 is 2.44 bits per heavy atom. The summed E-state index contributed by atoms with van der Waals surface area (Å²) in [6.45, 7) is 4.63. The van der Waals surface area contributed by atoms with Crippen LogP contribution in [-0.4, -0.2) is 64.5 Å². The summed E-state index contributed by atoms with van der Waals surface area (Å²) in [5.41, 5.74) is 4.00. The third-order valence-electron chi connectivity index (χ3n) is 8.75. The van der Waals surface area contributed by atoms with Gasteiger partial charge in [-0.25, -0.2) is 4.98 Å². The molecule has 178 valence electrons. The molecule has 0 unspecified atom stereocenters. The van der Waals surface area contributed by atoms with Gasteiger partial charge in [0.25, 0.3) is 5.91 Å². The van der Waals surface area contributed by atoms with Crippen molar-refractivity contribution in [1.82, 2.24) is 24.3 Å². The van der Waals surface area contributed by atoms with Gasteiger partial charge in [0.05, 0.1) is 5.54 Å². The van der Waals surface area contributed by atoms with Gasteiger partial charge >= 0.3 is 0 Å². The Labute approximate surface area is 201 Å². The summed E-state index contributed by atoms with van der Waals surface area (Å²) in [6, 6.07) is 10.7. The summed E-state index contributed by atoms with van der Waals surface area (Å²) in [4.78, 5) is 26.6. The van der Waals surface area contributed by atoms with E-state index < -0.39 is 0 Å². The van der Waals surface area contributed by atoms with E-state index in [-0.39, 0.29) is 11.4 Å². The molecule has 34 heavy (non-hydrogen) atoms. The Morgan fingerprint density at radius 2 is 1.85 bits per heavy atom. The van der Waals surface area contributed by atoms with E-state index in [2.05, 4.69) is 58.0 Å². The first-order chi connectivity index (χ1) is 16.4. The number of benzene rings is 1. The maximum absolute atomic E-state index is 13.0. The lowest BCUT2D eigenvalue weighted by molar-refractivity contribution is -0.160. The van der Waals surface area contributed by atoms with E-state index in [4.69, 9.17) is 4.98 Å². The first-order valence-electron chi connectivity index (χ1n) is 12.5. The molecule has 3 aromatic rings. The lowest BCUT2D eigenvalue weighted by Crippen LogP contribution is -2.67. The molecule has 2 aromatic heterocycles. The summed E-state index contributed by atoms with van der Waals surface area (Å²) >= 11 is 0. The third-order valence-corrected chi connectivity index (χ3v) is 8.75. The Kier molecular flexibility index (Phi) is 4.96. The Morgan fingerprint density at radius 1 is 1.15 bits per heavy atom. The van der Waals surface area contributed by atoms with Gasteiger partial charge in [-0.2, -0.15) is 4.98 Å². The van der Waals surface area contributed by atoms with Crippen molar-refractivity contribution in [3.8, 4) is 0 Å². The SMILES string of the molecule is C[C@@H]1C2CC1(n1c(C(=O)N(C)C)cc3cnc(Nc4ccc(C5CCN(C)CC5)cc4)nc31)C2. The molecule has 0 radical (unpaired) electrons. The van der Waals surface area contributed by atoms with Gasteiger partial charge in [-0.3, -0.25) is 4.79 Å². The molecule has 1 aromatic carbocycles. The molecule has 2 bridgehead atoms. The van der Waals surface area contributed by atoms with Gasteiger partial charge < -0.3 is 19.7 Å². The summed E-state index contributed by atoms with van der Waals surface area (Å²) in [6.07, 6.45) is 6.55. The molecule has 1 aliphatic heterocycles. The van der Waals surface area contributed by atoms with Crippen LogP contribution < -0.4 is 5.32 Å². The molecular weight excluding hydrogens is 424 g/mol. The summed E-state index contributed by atoms with van der Waals surface area (Å²) in [5.74, 6) is 2.59. The molecule has 7 heteroatoms. The minimum Gasteiger partial charge on any atom is -0.343 e. The average Bonchev–Trinajstić information content (AvgIpc) is 3.17. The number of aromatic nitrogens is 3. The number of fused-ring (bicyclic) bond motifs is 1. The topological polar surface area (TPSA) is 66.3 Å². The molecule has 0 spiro atoms. The van der Waals surface area contributed by atoms with E-state index in [1.807, 2.05) is 26.4 Å². The summed E-state index contributed by atoms with van der Waals surface area (Å²) in [5, 5.41) is 4.32. The summed E-state index contributed by atoms with van der Waals surface area (Å²) < 4.78 is 2.23. The fraction of sp³-hybridized carbons (Fsp3) is 0.519. The number of nitrogens with one attached hydrogen (secondary N) is 1. The number of hydrogen-bond donors (Lipinski definition) is 1. The third kappa shape index (κ3) is 3.24. The van der Waals surface area contributed by atoms with Crippen LogP contribution in [0.1, 0.15) is 54.6 Å². The van der Waals surface area contributed by atoms with Crippen molar-refractivity contribution in [2.45, 2.75) is 44.1 Å². The van der Waals surface area contributed by atoms with Gasteiger partial charge in [0.15, 0.2) is 0 Å². The monoisotopic (exact) mass is 458 g/mol. The Balaban J connectivity index is 1.30. The van der Waals surface area contributed by atoms with Crippen LogP contribution in [0, 0.1) is 11.8 Å². The highest BCUT2D eigenvalue weighted by molar-refractivity contribution is 5.98. The van der Waals surface area contributed by atoms with E-state index in [1.54, 1.807) is 4.90 Å². The standard InChI is InChI=1S/C27H34N6O/c1-17-21-14-27(17,15-21)33-23(25(34)31(2)3)13-20-16-28-26(30-24(20)33)29-22-7-5-18(6-8-22)19-9-11-32(4)12-10-19/h5-8,13,16-17,19,21H,9-12,14-15H2,1-4H3,(H,28,29,30)/t17-,21?,27?/m1/s1. The van der Waals surface area contributed by atoms with Crippen LogP contribution in [0.5, 0.6) is 0 Å². The molecule has 1 amide bonds. The number of hydrogen-bond acceptors (Lipinski definition) is 5. The van der Waals surface area contributed by atoms with Crippen molar-refractivity contribution in [1.29, 1.82) is 0 Å². The molecule has 3 saturated carbocycles. The average molecular weight is 459 g/mol. The van der Waals surface area contributed by atoms with Gasteiger partial charge in [-0.15, -0.1) is 0 Å². The zero-order valence-electron chi connectivity index (χ0n) is 20.6. The van der Waals surface area contributed by atoms with Crippen molar-refractivity contribution < 1.29 is 4.79 Å². The van der Waals surface area contributed by atoms with Crippen LogP contribution in [0.3, 0.4) is 0 Å². The highest BCUT2D eigenvalue weighted by Crippen LogP contribution is 2.67. The zero-order valence-corrected chi connectivity index (χ0v) is 20.6. The second kappa shape index (κ2) is 7.80. The number of anilines is 2. The number of piperidine rings is 1. The van der Waals surface area contributed by atoms with Gasteiger partial charge in [-0.1, -0.05) is 19.1 Å². The molecule has 1 atom stereocenters. The number of nitrogens with zero attached hydrogens (tertiary/aromatic N) is 5. The number of carbonyl (C=O) groups excluding carboxylic acids is 1. The smallest absolute Gasteiger partial charge is 0.270 e. The minimum absolute atomic E-state index is 0.0222. The lowest BCUT2D eigenvalue weighted by atomic mass is 9.42. The van der Waals surface area contributed by atoms with Crippen LogP contribution >= 0.6 is 0 Å². The molecule has 3 heterocycles. The van der Waals surface area contributed by atoms with E-state index in [9.17, 15) is 4.79 Å². The number of rotatable bonds is 5. The largest absolute Gasteiger partial charge is 0.343 e. The highest BCUT2D eigenvalue weighted by Gasteiger charge is 2.65. The highest BCUT2D eigenvalue weighted by atomic mass is 16.2. The lowest BCUT2D eigenvalue weighted by Gasteiger charge is -2.68. The van der Waals surface area contributed by atoms with Crippen LogP contribution in [0.2, 0.25) is 0 Å². The molecule has 7 rings (SSSR count). The van der Waals surface area contributed by atoms with Crippen molar-refractivity contribution >= 4 is 28.6 Å². The number of likely N-dealkylation sites (tertiary alicyclic amines) is 1. The zero-order chi connectivity index (χ0) is 23.6. The van der Waals surface area contributed by atoms with Crippen molar-refractivity contribution in [3.05, 3.63) is 47.8 Å². The number of carbonyl (C=O) groups is 1. The Hall–Kier alpha value is -2.93. The fourth-order valence-corrected chi connectivity index (χ4v) is 6.27. The van der Waals surface area contributed by atoms with E-state index >= 15 is 0 Å². The van der Waals surface area contributed by atoms with Gasteiger partial charge in [0.1, 0.15) is 11.3 Å². The normalized spacial score (nSPS) is 26.7. The molecular formula is C27H34N6O. The van der Waals surface area contributed by atoms with Gasteiger partial charge in [-0.05, 0) is 87.3 Å². The van der Waals surface area contributed by atoms with E-state index in [0.717, 1.165) is 54.3 Å². The van der Waals surface area contributed by atoms with Crippen molar-refractivity contribution in [2.75, 3.05) is 39.5 Å². The molecule has 1 saturated heterocycles. The predicted octanol–water partition coefficient (Wildman–Crippen LogP) is 4.44. The van der Waals surface area contributed by atoms with Crippen molar-refractivity contribution in [3.63, 3.8) is 0 Å². The first-order valence-corrected chi connectivity index (χ1v) is 12.5. The first kappa shape index (κ1) is 21.6. The second-order valence-electron chi connectivity index (χ2n) is 10.9. The Bertz CT molecular complexity index is 1230. The fourth-order valence-electron chi connectivity index (χ4n) is 6.27. The molecule has 4 aliphatic rings. The van der Waals surface area contributed by atoms with Gasteiger partial charge in [0, 0.05) is 31.4 Å². The van der Waals surface area contributed by atoms with Crippen LogP contribution in [0.15, 0.2) is 36.5 Å². The molecule has 7 nitrogen and oxygen atoms in total. The van der Waals surface area contributed by atoms with Crippen LogP contribution in [0.25, 0.3) is 11.0 Å². The quantitative estimate of drug-likeness (QED) is 0.612. The maximum Gasteiger partial charge on any atom is 0.270 e. The van der Waals surface area contributed by atoms with Crippen LogP contribution in [0.4, 0.5) is 11.6 Å². The van der Waals surface area contributed by atoms with Crippen molar-refractivity contribution in [2.24, 2.45) is 11.8 Å². The molecule has 1 N–H and O–H groups in total. The predicted molar refractivity (Wildman–Crippen MR) is 135 cm³/mol. The van der Waals surface area contributed by atoms with E-state index in [0.29, 0.717) is 17.8 Å². The number of amides is 1. The maximum atomic E-state index is 13.0. The second-order valence-corrected chi connectivity index (χ2v) is 10.9.